The third kappa shape index (κ3) is 3.22. The van der Waals surface area contributed by atoms with E-state index in [-0.39, 0.29) is 11.6 Å². The van der Waals surface area contributed by atoms with E-state index >= 15 is 0 Å². The fraction of sp³-hybridized carbons (Fsp3) is 0.571. The summed E-state index contributed by atoms with van der Waals surface area (Å²) in [4.78, 5) is 25.2. The molecule has 21 heavy (non-hydrogen) atoms. The number of carboxylic acids is 1. The minimum Gasteiger partial charge on any atom is -0.480 e. The molecule has 1 aromatic heterocycles. The van der Waals surface area contributed by atoms with E-state index in [1.54, 1.807) is 6.92 Å². The Morgan fingerprint density at radius 2 is 2.19 bits per heavy atom. The minimum atomic E-state index is -2.57. The van der Waals surface area contributed by atoms with Crippen LogP contribution in [0.25, 0.3) is 0 Å². The van der Waals surface area contributed by atoms with Crippen molar-refractivity contribution in [2.75, 3.05) is 6.54 Å². The van der Waals surface area contributed by atoms with Crippen LogP contribution in [0.15, 0.2) is 18.3 Å². The molecule has 1 saturated heterocycles. The van der Waals surface area contributed by atoms with E-state index < -0.39 is 30.9 Å². The van der Waals surface area contributed by atoms with Crippen LogP contribution in [0.1, 0.15) is 30.3 Å². The maximum Gasteiger partial charge on any atom is 0.326 e. The summed E-state index contributed by atoms with van der Waals surface area (Å²) in [6.45, 7) is 1.55. The smallest absolute Gasteiger partial charge is 0.326 e. The average molecular weight is 300 g/mol. The van der Waals surface area contributed by atoms with E-state index in [4.69, 9.17) is 0 Å². The van der Waals surface area contributed by atoms with Gasteiger partial charge in [-0.05, 0) is 30.9 Å². The highest BCUT2D eigenvalue weighted by molar-refractivity contribution is 5.95. The second-order valence-electron chi connectivity index (χ2n) is 5.34. The van der Waals surface area contributed by atoms with Crippen LogP contribution in [0, 0.1) is 5.92 Å². The number of halogens is 2. The molecule has 0 radical (unpaired) electrons. The molecule has 0 aromatic carbocycles. The highest BCUT2D eigenvalue weighted by atomic mass is 19.3. The van der Waals surface area contributed by atoms with Crippen molar-refractivity contribution in [2.24, 2.45) is 5.92 Å². The second kappa shape index (κ2) is 6.24. The van der Waals surface area contributed by atoms with Crippen molar-refractivity contribution in [2.45, 2.75) is 38.8 Å². The number of amides is 1. The lowest BCUT2D eigenvalue weighted by Gasteiger charge is -2.37. The number of aliphatic carboxylic acids is 1. The normalized spacial score (nSPS) is 22.6. The maximum absolute atomic E-state index is 12.5. The van der Waals surface area contributed by atoms with Crippen LogP contribution in [-0.2, 0) is 11.3 Å². The van der Waals surface area contributed by atoms with Crippen molar-refractivity contribution < 1.29 is 23.5 Å². The summed E-state index contributed by atoms with van der Waals surface area (Å²) in [5, 5.41) is 9.32. The minimum absolute atomic E-state index is 0.107. The molecule has 0 aliphatic carbocycles. The molecule has 1 fully saturated rings. The topological polar surface area (TPSA) is 62.5 Å². The molecular formula is C14H18F2N2O3. The lowest BCUT2D eigenvalue weighted by molar-refractivity contribution is -0.145. The zero-order chi connectivity index (χ0) is 15.6. The Morgan fingerprint density at radius 1 is 1.48 bits per heavy atom. The van der Waals surface area contributed by atoms with Gasteiger partial charge < -0.3 is 14.6 Å². The van der Waals surface area contributed by atoms with E-state index in [1.807, 2.05) is 0 Å². The number of carboxylic acid groups (broad SMARTS) is 1. The quantitative estimate of drug-likeness (QED) is 0.926. The van der Waals surface area contributed by atoms with E-state index in [0.29, 0.717) is 13.0 Å². The highest BCUT2D eigenvalue weighted by Gasteiger charge is 2.38. The molecule has 2 atom stereocenters. The van der Waals surface area contributed by atoms with Crippen molar-refractivity contribution in [3.05, 3.63) is 24.0 Å². The SMILES string of the molecule is CC1CCCN(C(=O)c2cccn2CC(F)F)C1C(=O)O. The number of carbonyl (C=O) groups excluding carboxylic acids is 1. The molecule has 0 spiro atoms. The van der Waals surface area contributed by atoms with Gasteiger partial charge in [-0.3, -0.25) is 4.79 Å². The van der Waals surface area contributed by atoms with Gasteiger partial charge in [0.1, 0.15) is 11.7 Å². The molecule has 1 aromatic rings. The lowest BCUT2D eigenvalue weighted by atomic mass is 9.90. The molecule has 1 aliphatic rings. The Bertz CT molecular complexity index is 530. The molecule has 2 rings (SSSR count). The fourth-order valence-electron chi connectivity index (χ4n) is 2.86. The summed E-state index contributed by atoms with van der Waals surface area (Å²) in [7, 11) is 0. The van der Waals surface area contributed by atoms with Crippen molar-refractivity contribution in [3.8, 4) is 0 Å². The summed E-state index contributed by atoms with van der Waals surface area (Å²) in [5.74, 6) is -1.71. The molecule has 1 aliphatic heterocycles. The van der Waals surface area contributed by atoms with Gasteiger partial charge in [0.25, 0.3) is 12.3 Å². The van der Waals surface area contributed by atoms with Crippen LogP contribution >= 0.6 is 0 Å². The van der Waals surface area contributed by atoms with E-state index in [0.717, 1.165) is 6.42 Å². The van der Waals surface area contributed by atoms with Crippen molar-refractivity contribution in [1.82, 2.24) is 9.47 Å². The number of hydrogen-bond acceptors (Lipinski definition) is 2. The van der Waals surface area contributed by atoms with Gasteiger partial charge >= 0.3 is 5.97 Å². The first-order valence-corrected chi connectivity index (χ1v) is 6.89. The lowest BCUT2D eigenvalue weighted by Crippen LogP contribution is -2.52. The van der Waals surface area contributed by atoms with E-state index in [1.165, 1.54) is 27.8 Å². The summed E-state index contributed by atoms with van der Waals surface area (Å²) in [5.41, 5.74) is 0.107. The van der Waals surface area contributed by atoms with Crippen molar-refractivity contribution in [3.63, 3.8) is 0 Å². The monoisotopic (exact) mass is 300 g/mol. The largest absolute Gasteiger partial charge is 0.480 e. The van der Waals surface area contributed by atoms with E-state index in [9.17, 15) is 23.5 Å². The van der Waals surface area contributed by atoms with Gasteiger partial charge in [0.05, 0.1) is 6.54 Å². The summed E-state index contributed by atoms with van der Waals surface area (Å²) in [6, 6.07) is 2.06. The van der Waals surface area contributed by atoms with Crippen LogP contribution in [0.5, 0.6) is 0 Å². The molecule has 2 heterocycles. The molecule has 7 heteroatoms. The van der Waals surface area contributed by atoms with E-state index in [2.05, 4.69) is 0 Å². The van der Waals surface area contributed by atoms with Crippen LogP contribution < -0.4 is 0 Å². The summed E-state index contributed by atoms with van der Waals surface area (Å²) < 4.78 is 26.2. The standard InChI is InChI=1S/C14H18F2N2O3/c1-9-4-2-7-18(12(9)14(20)21)13(19)10-5-3-6-17(10)8-11(15)16/h3,5-6,9,11-12H,2,4,7-8H2,1H3,(H,20,21). The second-order valence-corrected chi connectivity index (χ2v) is 5.34. The molecule has 1 N–H and O–H groups in total. The Kier molecular flexibility index (Phi) is 4.59. The number of carbonyl (C=O) groups is 2. The van der Waals surface area contributed by atoms with Gasteiger partial charge in [-0.1, -0.05) is 6.92 Å². The first kappa shape index (κ1) is 15.5. The van der Waals surface area contributed by atoms with Gasteiger partial charge in [0.15, 0.2) is 0 Å². The number of alkyl halides is 2. The molecular weight excluding hydrogens is 282 g/mol. The fourth-order valence-corrected chi connectivity index (χ4v) is 2.86. The first-order chi connectivity index (χ1) is 9.91. The molecule has 0 bridgehead atoms. The number of nitrogens with zero attached hydrogens (tertiary/aromatic N) is 2. The van der Waals surface area contributed by atoms with Crippen molar-refractivity contribution in [1.29, 1.82) is 0 Å². The Hall–Kier alpha value is -1.92. The molecule has 2 unspecified atom stereocenters. The number of aromatic nitrogens is 1. The summed E-state index contributed by atoms with van der Waals surface area (Å²) >= 11 is 0. The summed E-state index contributed by atoms with van der Waals surface area (Å²) in [6.07, 6.45) is 0.285. The Morgan fingerprint density at radius 3 is 2.81 bits per heavy atom. The van der Waals surface area contributed by atoms with Gasteiger partial charge in [-0.2, -0.15) is 0 Å². The number of likely N-dealkylation sites (tertiary alicyclic amines) is 1. The predicted molar refractivity (Wildman–Crippen MR) is 71.3 cm³/mol. The molecule has 116 valence electrons. The highest BCUT2D eigenvalue weighted by Crippen LogP contribution is 2.25. The van der Waals surface area contributed by atoms with Crippen LogP contribution in [0.4, 0.5) is 8.78 Å². The number of rotatable bonds is 4. The van der Waals surface area contributed by atoms with Gasteiger partial charge in [0.2, 0.25) is 0 Å². The Balaban J connectivity index is 2.25. The zero-order valence-electron chi connectivity index (χ0n) is 11.7. The zero-order valence-corrected chi connectivity index (χ0v) is 11.7. The first-order valence-electron chi connectivity index (χ1n) is 6.89. The predicted octanol–water partition coefficient (Wildman–Crippen LogP) is 2.08. The molecule has 0 saturated carbocycles. The van der Waals surface area contributed by atoms with Gasteiger partial charge in [0, 0.05) is 12.7 Å². The third-order valence-corrected chi connectivity index (χ3v) is 3.83. The molecule has 1 amide bonds. The van der Waals surface area contributed by atoms with Crippen LogP contribution in [0.3, 0.4) is 0 Å². The maximum atomic E-state index is 12.5. The van der Waals surface area contributed by atoms with Gasteiger partial charge in [-0.25, -0.2) is 13.6 Å². The average Bonchev–Trinajstić information content (AvgIpc) is 2.84. The molecule has 5 nitrogen and oxygen atoms in total. The van der Waals surface area contributed by atoms with Crippen molar-refractivity contribution >= 4 is 11.9 Å². The Labute approximate surface area is 121 Å². The van der Waals surface area contributed by atoms with Crippen LogP contribution in [0.2, 0.25) is 0 Å². The third-order valence-electron chi connectivity index (χ3n) is 3.83. The van der Waals surface area contributed by atoms with Crippen LogP contribution in [-0.4, -0.2) is 45.5 Å². The van der Waals surface area contributed by atoms with Gasteiger partial charge in [-0.15, -0.1) is 0 Å². The number of piperidine rings is 1. The number of hydrogen-bond donors (Lipinski definition) is 1.